The van der Waals surface area contributed by atoms with Gasteiger partial charge in [-0.15, -0.1) is 0 Å². The van der Waals surface area contributed by atoms with E-state index in [4.69, 9.17) is 0 Å². The van der Waals surface area contributed by atoms with E-state index in [1.807, 2.05) is 12.1 Å². The monoisotopic (exact) mass is 329 g/mol. The molecule has 1 fully saturated rings. The zero-order valence-corrected chi connectivity index (χ0v) is 14.0. The Labute approximate surface area is 147 Å². The zero-order chi connectivity index (χ0) is 17.2. The molecule has 1 heterocycles. The zero-order valence-electron chi connectivity index (χ0n) is 14.0. The first-order valence-corrected chi connectivity index (χ1v) is 8.78. The van der Waals surface area contributed by atoms with Gasteiger partial charge in [0.1, 0.15) is 0 Å². The summed E-state index contributed by atoms with van der Waals surface area (Å²) in [5.74, 6) is 6.13. The summed E-state index contributed by atoms with van der Waals surface area (Å²) < 4.78 is 0. The summed E-state index contributed by atoms with van der Waals surface area (Å²) in [6.07, 6.45) is 3.75. The van der Waals surface area contributed by atoms with Gasteiger partial charge in [0.15, 0.2) is 11.6 Å². The second-order valence-corrected chi connectivity index (χ2v) is 6.57. The van der Waals surface area contributed by atoms with Crippen LogP contribution in [0.5, 0.6) is 0 Å². The molecular weight excluding hydrogens is 310 g/mol. The number of piperidine rings is 1. The molecular formula is C22H19NO2. The topological polar surface area (TPSA) is 37.4 Å². The highest BCUT2D eigenvalue weighted by Crippen LogP contribution is 2.29. The Morgan fingerprint density at radius 3 is 2.24 bits per heavy atom. The summed E-state index contributed by atoms with van der Waals surface area (Å²) in [6.45, 7) is 2.89. The maximum atomic E-state index is 12.9. The van der Waals surface area contributed by atoms with Crippen molar-refractivity contribution in [2.45, 2.75) is 19.3 Å². The van der Waals surface area contributed by atoms with Gasteiger partial charge in [-0.05, 0) is 32.0 Å². The Bertz CT molecular complexity index is 911. The van der Waals surface area contributed by atoms with Crippen molar-refractivity contribution in [3.63, 3.8) is 0 Å². The van der Waals surface area contributed by atoms with E-state index in [9.17, 15) is 9.59 Å². The number of rotatable bonds is 1. The first-order valence-electron chi connectivity index (χ1n) is 8.78. The molecule has 0 amide bonds. The van der Waals surface area contributed by atoms with Gasteiger partial charge in [-0.25, -0.2) is 0 Å². The maximum Gasteiger partial charge on any atom is 0.195 e. The summed E-state index contributed by atoms with van der Waals surface area (Å²) in [5.41, 5.74) is 2.54. The van der Waals surface area contributed by atoms with Gasteiger partial charge in [-0.1, -0.05) is 54.7 Å². The van der Waals surface area contributed by atoms with Crippen LogP contribution in [0.25, 0.3) is 0 Å². The Balaban J connectivity index is 1.68. The van der Waals surface area contributed by atoms with Crippen LogP contribution < -0.4 is 0 Å². The first-order chi connectivity index (χ1) is 12.3. The van der Waals surface area contributed by atoms with E-state index in [-0.39, 0.29) is 11.6 Å². The highest BCUT2D eigenvalue weighted by molar-refractivity contribution is 6.29. The quantitative estimate of drug-likeness (QED) is 0.643. The average Bonchev–Trinajstić information content (AvgIpc) is 2.67. The fourth-order valence-corrected chi connectivity index (χ4v) is 3.61. The predicted molar refractivity (Wildman–Crippen MR) is 96.9 cm³/mol. The molecule has 0 saturated carbocycles. The van der Waals surface area contributed by atoms with E-state index in [1.165, 1.54) is 19.3 Å². The summed E-state index contributed by atoms with van der Waals surface area (Å²) in [7, 11) is 0. The van der Waals surface area contributed by atoms with Gasteiger partial charge in [-0.3, -0.25) is 14.5 Å². The van der Waals surface area contributed by atoms with Crippen molar-refractivity contribution in [2.75, 3.05) is 19.6 Å². The minimum absolute atomic E-state index is 0.0927. The van der Waals surface area contributed by atoms with E-state index < -0.39 is 0 Å². The van der Waals surface area contributed by atoms with Gasteiger partial charge in [0.25, 0.3) is 0 Å². The Morgan fingerprint density at radius 1 is 0.800 bits per heavy atom. The third-order valence-corrected chi connectivity index (χ3v) is 4.93. The van der Waals surface area contributed by atoms with Gasteiger partial charge in [0.05, 0.1) is 6.54 Å². The van der Waals surface area contributed by atoms with E-state index in [0.717, 1.165) is 13.1 Å². The van der Waals surface area contributed by atoms with Crippen molar-refractivity contribution in [2.24, 2.45) is 0 Å². The van der Waals surface area contributed by atoms with Gasteiger partial charge in [0.2, 0.25) is 0 Å². The minimum Gasteiger partial charge on any atom is -0.292 e. The van der Waals surface area contributed by atoms with Crippen LogP contribution in [0.15, 0.2) is 42.5 Å². The molecule has 1 saturated heterocycles. The molecule has 0 aromatic heterocycles. The molecule has 0 spiro atoms. The number of benzene rings is 2. The maximum absolute atomic E-state index is 12.9. The molecule has 3 heteroatoms. The summed E-state index contributed by atoms with van der Waals surface area (Å²) >= 11 is 0. The molecule has 25 heavy (non-hydrogen) atoms. The lowest BCUT2D eigenvalue weighted by molar-refractivity contribution is 0.0979. The Hall–Kier alpha value is -2.70. The lowest BCUT2D eigenvalue weighted by Crippen LogP contribution is -2.29. The molecule has 1 aliphatic carbocycles. The van der Waals surface area contributed by atoms with Crippen LogP contribution >= 0.6 is 0 Å². The van der Waals surface area contributed by atoms with E-state index in [1.54, 1.807) is 30.3 Å². The van der Waals surface area contributed by atoms with Crippen molar-refractivity contribution >= 4 is 11.6 Å². The van der Waals surface area contributed by atoms with Crippen LogP contribution in [0.3, 0.4) is 0 Å². The molecule has 0 N–H and O–H groups in total. The molecule has 0 atom stereocenters. The fraction of sp³-hybridized carbons (Fsp3) is 0.273. The predicted octanol–water partition coefficient (Wildman–Crippen LogP) is 3.30. The largest absolute Gasteiger partial charge is 0.292 e. The second kappa shape index (κ2) is 6.66. The van der Waals surface area contributed by atoms with Gasteiger partial charge < -0.3 is 0 Å². The van der Waals surface area contributed by atoms with Crippen LogP contribution in [0.2, 0.25) is 0 Å². The van der Waals surface area contributed by atoms with Crippen LogP contribution in [0.4, 0.5) is 0 Å². The van der Waals surface area contributed by atoms with Gasteiger partial charge >= 0.3 is 0 Å². The molecule has 1 aliphatic heterocycles. The smallest absolute Gasteiger partial charge is 0.195 e. The summed E-state index contributed by atoms with van der Waals surface area (Å²) in [4.78, 5) is 28.0. The number of nitrogens with zero attached hydrogens (tertiary/aromatic N) is 1. The summed E-state index contributed by atoms with van der Waals surface area (Å²) in [5, 5.41) is 0. The molecule has 4 rings (SSSR count). The van der Waals surface area contributed by atoms with Crippen LogP contribution in [0, 0.1) is 11.8 Å². The number of likely N-dealkylation sites (tertiary alicyclic amines) is 1. The number of ketones is 2. The van der Waals surface area contributed by atoms with Crippen molar-refractivity contribution in [1.29, 1.82) is 0 Å². The molecule has 2 aliphatic rings. The third kappa shape index (κ3) is 2.90. The van der Waals surface area contributed by atoms with Crippen LogP contribution in [0.1, 0.15) is 56.7 Å². The molecule has 0 radical (unpaired) electrons. The lowest BCUT2D eigenvalue weighted by Gasteiger charge is -2.23. The molecule has 3 nitrogen and oxygen atoms in total. The van der Waals surface area contributed by atoms with Crippen molar-refractivity contribution in [3.05, 3.63) is 70.3 Å². The lowest BCUT2D eigenvalue weighted by atomic mass is 9.82. The van der Waals surface area contributed by atoms with Crippen molar-refractivity contribution < 1.29 is 9.59 Å². The Kier molecular flexibility index (Phi) is 4.21. The van der Waals surface area contributed by atoms with E-state index in [0.29, 0.717) is 34.4 Å². The van der Waals surface area contributed by atoms with Crippen LogP contribution in [-0.4, -0.2) is 36.1 Å². The van der Waals surface area contributed by atoms with Crippen LogP contribution in [-0.2, 0) is 0 Å². The summed E-state index contributed by atoms with van der Waals surface area (Å²) in [6, 6.07) is 12.4. The minimum atomic E-state index is -0.104. The highest BCUT2D eigenvalue weighted by Gasteiger charge is 2.30. The molecule has 0 bridgehead atoms. The van der Waals surface area contributed by atoms with E-state index >= 15 is 0 Å². The van der Waals surface area contributed by atoms with Gasteiger partial charge in [-0.2, -0.15) is 0 Å². The van der Waals surface area contributed by atoms with E-state index in [2.05, 4.69) is 16.7 Å². The number of carbonyl (C=O) groups is 2. The second-order valence-electron chi connectivity index (χ2n) is 6.57. The first kappa shape index (κ1) is 15.8. The number of carbonyl (C=O) groups excluding carboxylic acids is 2. The third-order valence-electron chi connectivity index (χ3n) is 4.93. The fourth-order valence-electron chi connectivity index (χ4n) is 3.61. The van der Waals surface area contributed by atoms with Crippen molar-refractivity contribution in [1.82, 2.24) is 4.90 Å². The van der Waals surface area contributed by atoms with Crippen molar-refractivity contribution in [3.8, 4) is 11.8 Å². The highest BCUT2D eigenvalue weighted by atomic mass is 16.1. The number of hydrogen-bond donors (Lipinski definition) is 0. The standard InChI is InChI=1S/C22H19NO2/c24-21-17-10-2-3-11-18(17)22(25)20-16(8-6-12-19(20)21)9-7-15-23-13-4-1-5-14-23/h2-3,6,8,10-12H,1,4-5,13-15H2. The number of fused-ring (bicyclic) bond motifs is 2. The molecule has 2 aromatic rings. The molecule has 2 aromatic carbocycles. The van der Waals surface area contributed by atoms with Gasteiger partial charge in [0, 0.05) is 27.8 Å². The average molecular weight is 329 g/mol. The Morgan fingerprint density at radius 2 is 1.48 bits per heavy atom. The molecule has 124 valence electrons. The SMILES string of the molecule is O=C1c2ccccc2C(=O)c2c(C#CCN3CCCCC3)cccc21. The normalized spacial score (nSPS) is 16.6. The molecule has 0 unspecified atom stereocenters. The number of hydrogen-bond acceptors (Lipinski definition) is 3.